The number of nitrogens with two attached hydrogens (primary N) is 3. The number of nitrogens with zero attached hydrogens (tertiary/aromatic N) is 2. The SMILES string of the molecule is N=C(NCCCCc1ccc(-c2ccc(CCC(=O)N[C@@H](CCCCNC(=O)[C@@H](N)CCC(=O)O)C(=O)O)cc2)cc1)NC(=O)c1nc(Cl)c(N)nc1N. The van der Waals surface area contributed by atoms with Crippen molar-refractivity contribution in [3.05, 3.63) is 70.5 Å². The highest BCUT2D eigenvalue weighted by Crippen LogP contribution is 2.22. The fraction of sp³-hybridized carbons (Fsp3) is 0.389. The molecule has 0 saturated heterocycles. The molecule has 0 unspecified atom stereocenters. The Morgan fingerprint density at radius 3 is 1.96 bits per heavy atom. The molecule has 17 nitrogen and oxygen atoms in total. The topological polar surface area (TPSA) is 302 Å². The number of carboxylic acids is 2. The quantitative estimate of drug-likeness (QED) is 0.0423. The number of carbonyl (C=O) groups is 5. The van der Waals surface area contributed by atoms with Gasteiger partial charge in [0.25, 0.3) is 5.91 Å². The number of anilines is 2. The molecule has 13 N–H and O–H groups in total. The number of aromatic nitrogens is 2. The van der Waals surface area contributed by atoms with Crippen molar-refractivity contribution in [1.82, 2.24) is 31.2 Å². The molecule has 0 aliphatic rings. The van der Waals surface area contributed by atoms with Gasteiger partial charge in [-0.1, -0.05) is 60.1 Å². The second kappa shape index (κ2) is 21.7. The van der Waals surface area contributed by atoms with E-state index in [4.69, 9.17) is 39.3 Å². The summed E-state index contributed by atoms with van der Waals surface area (Å²) < 4.78 is 0. The summed E-state index contributed by atoms with van der Waals surface area (Å²) in [5.41, 5.74) is 20.8. The van der Waals surface area contributed by atoms with Crippen LogP contribution in [0.2, 0.25) is 5.15 Å². The third kappa shape index (κ3) is 14.7. The molecule has 18 heteroatoms. The van der Waals surface area contributed by atoms with Gasteiger partial charge in [0.15, 0.2) is 28.4 Å². The predicted octanol–water partition coefficient (Wildman–Crippen LogP) is 2.22. The lowest BCUT2D eigenvalue weighted by atomic mass is 9.99. The van der Waals surface area contributed by atoms with Crippen molar-refractivity contribution in [2.24, 2.45) is 5.73 Å². The van der Waals surface area contributed by atoms with Gasteiger partial charge < -0.3 is 43.4 Å². The lowest BCUT2D eigenvalue weighted by molar-refractivity contribution is -0.142. The van der Waals surface area contributed by atoms with Crippen LogP contribution in [-0.2, 0) is 32.0 Å². The normalized spacial score (nSPS) is 11.9. The summed E-state index contributed by atoms with van der Waals surface area (Å²) in [6.45, 7) is 0.726. The molecule has 2 aromatic carbocycles. The van der Waals surface area contributed by atoms with Gasteiger partial charge >= 0.3 is 11.9 Å². The standard InChI is InChI=1S/C36H47ClN10O7/c37-30-32(40)46-31(39)29(45-30)34(52)47-36(41)43-20-3-1-5-21-7-12-23(13-8-21)24-14-9-22(10-15-24)11-17-27(48)44-26(35(53)54)6-2-4-19-42-33(51)25(38)16-18-28(49)50/h7-10,12-15,25-26H,1-6,11,16-20,38H2,(H,42,51)(H,44,48)(H,49,50)(H,53,54)(H4,39,40,46)(H3,41,43,47,52)/t25-,26-/m0/s1. The van der Waals surface area contributed by atoms with E-state index in [1.54, 1.807) is 0 Å². The number of hydrogen-bond donors (Lipinski definition) is 10. The number of halogens is 1. The maximum Gasteiger partial charge on any atom is 0.326 e. The number of benzene rings is 2. The molecule has 0 radical (unpaired) electrons. The molecule has 3 amide bonds. The predicted molar refractivity (Wildman–Crippen MR) is 203 cm³/mol. The Bertz CT molecular complexity index is 1770. The average Bonchev–Trinajstić information content (AvgIpc) is 3.13. The molecule has 0 fully saturated rings. The summed E-state index contributed by atoms with van der Waals surface area (Å²) in [6, 6.07) is 14.0. The second-order valence-electron chi connectivity index (χ2n) is 12.5. The number of hydrogen-bond acceptors (Lipinski definition) is 11. The number of aliphatic carboxylic acids is 2. The second-order valence-corrected chi connectivity index (χ2v) is 12.9. The first-order valence-electron chi connectivity index (χ1n) is 17.4. The number of nitrogen functional groups attached to an aromatic ring is 2. The number of unbranched alkanes of at least 4 members (excludes halogenated alkanes) is 2. The van der Waals surface area contributed by atoms with E-state index in [9.17, 15) is 29.1 Å². The highest BCUT2D eigenvalue weighted by atomic mass is 35.5. The van der Waals surface area contributed by atoms with Crippen LogP contribution in [0.25, 0.3) is 11.1 Å². The van der Waals surface area contributed by atoms with Gasteiger partial charge in [0.1, 0.15) is 6.04 Å². The molecule has 0 bridgehead atoms. The zero-order chi connectivity index (χ0) is 39.6. The number of amides is 3. The highest BCUT2D eigenvalue weighted by Gasteiger charge is 2.20. The van der Waals surface area contributed by atoms with Crippen LogP contribution < -0.4 is 38.5 Å². The van der Waals surface area contributed by atoms with Crippen molar-refractivity contribution >= 4 is 58.9 Å². The molecule has 0 saturated carbocycles. The van der Waals surface area contributed by atoms with Crippen LogP contribution in [0, 0.1) is 5.41 Å². The van der Waals surface area contributed by atoms with Gasteiger partial charge in [0, 0.05) is 25.9 Å². The largest absolute Gasteiger partial charge is 0.481 e. The molecule has 1 heterocycles. The van der Waals surface area contributed by atoms with E-state index in [0.29, 0.717) is 25.8 Å². The van der Waals surface area contributed by atoms with Crippen molar-refractivity contribution in [2.45, 2.75) is 76.3 Å². The first-order chi connectivity index (χ1) is 25.7. The molecule has 2 atom stereocenters. The zero-order valence-corrected chi connectivity index (χ0v) is 30.5. The zero-order valence-electron chi connectivity index (χ0n) is 29.7. The van der Waals surface area contributed by atoms with E-state index in [1.165, 1.54) is 0 Å². The van der Waals surface area contributed by atoms with E-state index < -0.39 is 35.8 Å². The molecule has 54 heavy (non-hydrogen) atoms. The molecule has 0 spiro atoms. The Morgan fingerprint density at radius 2 is 1.35 bits per heavy atom. The maximum absolute atomic E-state index is 12.5. The van der Waals surface area contributed by atoms with Gasteiger partial charge in [-0.2, -0.15) is 0 Å². The highest BCUT2D eigenvalue weighted by molar-refractivity contribution is 6.31. The minimum Gasteiger partial charge on any atom is -0.481 e. The van der Waals surface area contributed by atoms with Crippen LogP contribution >= 0.6 is 11.6 Å². The molecule has 0 aliphatic heterocycles. The van der Waals surface area contributed by atoms with E-state index in [-0.39, 0.29) is 66.6 Å². The number of nitrogens with one attached hydrogen (secondary N) is 5. The molecular weight excluding hydrogens is 720 g/mol. The lowest BCUT2D eigenvalue weighted by Gasteiger charge is -2.15. The monoisotopic (exact) mass is 766 g/mol. The van der Waals surface area contributed by atoms with Gasteiger partial charge in [-0.05, 0) is 73.6 Å². The average molecular weight is 767 g/mol. The third-order valence-electron chi connectivity index (χ3n) is 8.29. The Balaban J connectivity index is 1.32. The van der Waals surface area contributed by atoms with Crippen molar-refractivity contribution in [3.8, 4) is 11.1 Å². The lowest BCUT2D eigenvalue weighted by Crippen LogP contribution is -2.42. The van der Waals surface area contributed by atoms with Crippen molar-refractivity contribution in [2.75, 3.05) is 24.6 Å². The van der Waals surface area contributed by atoms with Crippen LogP contribution in [-0.4, -0.2) is 81.0 Å². The van der Waals surface area contributed by atoms with Gasteiger partial charge in [-0.15, -0.1) is 0 Å². The minimum absolute atomic E-state index is 0.0234. The van der Waals surface area contributed by atoms with Gasteiger partial charge in [0.2, 0.25) is 11.8 Å². The molecule has 290 valence electrons. The summed E-state index contributed by atoms with van der Waals surface area (Å²) in [4.78, 5) is 66.7. The Kier molecular flexibility index (Phi) is 17.1. The summed E-state index contributed by atoms with van der Waals surface area (Å²) in [5.74, 6) is -4.22. The molecular formula is C36H47ClN10O7. The molecule has 0 aliphatic carbocycles. The van der Waals surface area contributed by atoms with Crippen molar-refractivity contribution < 1.29 is 34.2 Å². The van der Waals surface area contributed by atoms with E-state index >= 15 is 0 Å². The Hall–Kier alpha value is -5.81. The first kappa shape index (κ1) is 42.6. The van der Waals surface area contributed by atoms with Gasteiger partial charge in [-0.25, -0.2) is 14.8 Å². The fourth-order valence-corrected chi connectivity index (χ4v) is 5.36. The number of rotatable bonds is 21. The Labute approximate surface area is 317 Å². The van der Waals surface area contributed by atoms with E-state index in [1.807, 2.05) is 36.4 Å². The van der Waals surface area contributed by atoms with E-state index in [0.717, 1.165) is 41.5 Å². The van der Waals surface area contributed by atoms with Gasteiger partial charge in [-0.3, -0.25) is 29.9 Å². The maximum atomic E-state index is 12.5. The van der Waals surface area contributed by atoms with Crippen LogP contribution in [0.5, 0.6) is 0 Å². The number of aryl methyl sites for hydroxylation is 2. The summed E-state index contributed by atoms with van der Waals surface area (Å²) in [7, 11) is 0. The van der Waals surface area contributed by atoms with Crippen LogP contribution in [0.15, 0.2) is 48.5 Å². The summed E-state index contributed by atoms with van der Waals surface area (Å²) in [5, 5.41) is 36.4. The number of carboxylic acid groups (broad SMARTS) is 2. The number of carbonyl (C=O) groups excluding carboxylic acids is 3. The van der Waals surface area contributed by atoms with Crippen LogP contribution in [0.3, 0.4) is 0 Å². The summed E-state index contributed by atoms with van der Waals surface area (Å²) in [6.07, 6.45) is 3.90. The first-order valence-corrected chi connectivity index (χ1v) is 17.8. The van der Waals surface area contributed by atoms with Crippen molar-refractivity contribution in [1.29, 1.82) is 5.41 Å². The van der Waals surface area contributed by atoms with Gasteiger partial charge in [0.05, 0.1) is 6.04 Å². The third-order valence-corrected chi connectivity index (χ3v) is 8.57. The molecule has 3 rings (SSSR count). The minimum atomic E-state index is -1.14. The van der Waals surface area contributed by atoms with Crippen LogP contribution in [0.4, 0.5) is 11.6 Å². The fourth-order valence-electron chi connectivity index (χ4n) is 5.23. The molecule has 3 aromatic rings. The van der Waals surface area contributed by atoms with Crippen molar-refractivity contribution in [3.63, 3.8) is 0 Å². The summed E-state index contributed by atoms with van der Waals surface area (Å²) >= 11 is 5.81. The van der Waals surface area contributed by atoms with Crippen LogP contribution in [0.1, 0.15) is 73.0 Å². The number of guanidine groups is 1. The Morgan fingerprint density at radius 1 is 0.759 bits per heavy atom. The molecule has 1 aromatic heterocycles. The van der Waals surface area contributed by atoms with E-state index in [2.05, 4.69) is 43.4 Å². The smallest absolute Gasteiger partial charge is 0.326 e.